The molecule has 0 aliphatic rings. The van der Waals surface area contributed by atoms with E-state index in [4.69, 9.17) is 5.73 Å². The van der Waals surface area contributed by atoms with Crippen LogP contribution in [0.4, 0.5) is 5.82 Å². The Balaban J connectivity index is 2.35. The summed E-state index contributed by atoms with van der Waals surface area (Å²) in [5.74, 6) is -0.558. The first-order valence-electron chi connectivity index (χ1n) is 6.91. The number of rotatable bonds is 4. The fourth-order valence-electron chi connectivity index (χ4n) is 2.14. The predicted molar refractivity (Wildman–Crippen MR) is 82.2 cm³/mol. The summed E-state index contributed by atoms with van der Waals surface area (Å²) in [6, 6.07) is 10.4. The molecule has 112 valence electrons. The van der Waals surface area contributed by atoms with Crippen molar-refractivity contribution >= 4 is 11.8 Å². The molecule has 5 nitrogen and oxygen atoms in total. The summed E-state index contributed by atoms with van der Waals surface area (Å²) in [4.78, 5) is 11.6. The van der Waals surface area contributed by atoms with Gasteiger partial charge in [0.1, 0.15) is 5.82 Å². The number of anilines is 1. The molecule has 0 aliphatic heterocycles. The number of carboxylic acids is 1. The summed E-state index contributed by atoms with van der Waals surface area (Å²) in [5.41, 5.74) is 7.53. The lowest BCUT2D eigenvalue weighted by molar-refractivity contribution is -0.141. The van der Waals surface area contributed by atoms with E-state index in [0.717, 1.165) is 11.3 Å². The molecular formula is C16H21N3O2. The first-order chi connectivity index (χ1) is 9.79. The lowest BCUT2D eigenvalue weighted by Crippen LogP contribution is -2.24. The first-order valence-corrected chi connectivity index (χ1v) is 6.91. The molecule has 0 saturated carbocycles. The van der Waals surface area contributed by atoms with Crippen molar-refractivity contribution in [3.8, 4) is 0 Å². The van der Waals surface area contributed by atoms with Gasteiger partial charge in [0, 0.05) is 17.9 Å². The first kappa shape index (κ1) is 15.1. The van der Waals surface area contributed by atoms with Crippen LogP contribution in [-0.4, -0.2) is 20.9 Å². The van der Waals surface area contributed by atoms with E-state index >= 15 is 0 Å². The zero-order chi connectivity index (χ0) is 15.6. The van der Waals surface area contributed by atoms with Gasteiger partial charge in [-0.3, -0.25) is 0 Å². The number of carbonyl (C=O) groups is 1. The van der Waals surface area contributed by atoms with Crippen LogP contribution in [0, 0.1) is 0 Å². The van der Waals surface area contributed by atoms with E-state index in [0.29, 0.717) is 12.2 Å². The van der Waals surface area contributed by atoms with Crippen molar-refractivity contribution in [1.29, 1.82) is 0 Å². The van der Waals surface area contributed by atoms with Gasteiger partial charge in [0.15, 0.2) is 6.04 Å². The van der Waals surface area contributed by atoms with E-state index < -0.39 is 12.0 Å². The molecule has 0 fully saturated rings. The minimum absolute atomic E-state index is 0.171. The molecule has 2 rings (SSSR count). The van der Waals surface area contributed by atoms with Crippen LogP contribution in [-0.2, 0) is 16.6 Å². The molecule has 1 aromatic carbocycles. The minimum atomic E-state index is -0.936. The van der Waals surface area contributed by atoms with Gasteiger partial charge in [-0.05, 0) is 5.56 Å². The second-order valence-electron chi connectivity index (χ2n) is 6.19. The van der Waals surface area contributed by atoms with E-state index in [2.05, 4.69) is 5.10 Å². The van der Waals surface area contributed by atoms with Gasteiger partial charge in [-0.25, -0.2) is 9.48 Å². The van der Waals surface area contributed by atoms with Gasteiger partial charge in [0.25, 0.3) is 0 Å². The Morgan fingerprint density at radius 3 is 2.43 bits per heavy atom. The van der Waals surface area contributed by atoms with E-state index in [9.17, 15) is 9.90 Å². The van der Waals surface area contributed by atoms with Crippen LogP contribution in [0.5, 0.6) is 0 Å². The Hall–Kier alpha value is -2.30. The topological polar surface area (TPSA) is 81.1 Å². The van der Waals surface area contributed by atoms with Crippen molar-refractivity contribution < 1.29 is 9.90 Å². The summed E-state index contributed by atoms with van der Waals surface area (Å²) in [6.45, 7) is 6.06. The van der Waals surface area contributed by atoms with Crippen LogP contribution < -0.4 is 5.73 Å². The Kier molecular flexibility index (Phi) is 4.02. The molecule has 1 heterocycles. The zero-order valence-corrected chi connectivity index (χ0v) is 12.6. The molecule has 0 aliphatic carbocycles. The van der Waals surface area contributed by atoms with Crippen molar-refractivity contribution in [1.82, 2.24) is 9.78 Å². The fourth-order valence-corrected chi connectivity index (χ4v) is 2.14. The largest absolute Gasteiger partial charge is 0.480 e. The Bertz CT molecular complexity index is 627. The van der Waals surface area contributed by atoms with Crippen LogP contribution in [0.15, 0.2) is 36.4 Å². The van der Waals surface area contributed by atoms with Gasteiger partial charge in [0.05, 0.1) is 5.69 Å². The number of nitrogens with two attached hydrogens (primary N) is 1. The number of hydrogen-bond donors (Lipinski definition) is 2. The Morgan fingerprint density at radius 1 is 1.33 bits per heavy atom. The van der Waals surface area contributed by atoms with E-state index in [1.807, 2.05) is 51.1 Å². The van der Waals surface area contributed by atoms with E-state index in [-0.39, 0.29) is 5.41 Å². The number of nitrogen functional groups attached to an aromatic ring is 1. The fraction of sp³-hybridized carbons (Fsp3) is 0.375. The second kappa shape index (κ2) is 5.60. The van der Waals surface area contributed by atoms with Crippen molar-refractivity contribution in [2.45, 2.75) is 38.6 Å². The molecule has 0 saturated heterocycles. The molecule has 1 aromatic heterocycles. The van der Waals surface area contributed by atoms with Gasteiger partial charge >= 0.3 is 5.97 Å². The van der Waals surface area contributed by atoms with Gasteiger partial charge in [-0.15, -0.1) is 0 Å². The SMILES string of the molecule is CC(C)(C)c1cc(N)n(C(Cc2ccccc2)C(=O)O)n1. The smallest absolute Gasteiger partial charge is 0.328 e. The molecular weight excluding hydrogens is 266 g/mol. The molecule has 2 aromatic rings. The quantitative estimate of drug-likeness (QED) is 0.905. The molecule has 1 unspecified atom stereocenters. The molecule has 3 N–H and O–H groups in total. The summed E-state index contributed by atoms with van der Waals surface area (Å²) in [7, 11) is 0. The molecule has 0 bridgehead atoms. The summed E-state index contributed by atoms with van der Waals surface area (Å²) in [5, 5.41) is 13.9. The number of nitrogens with zero attached hydrogens (tertiary/aromatic N) is 2. The van der Waals surface area contributed by atoms with Gasteiger partial charge < -0.3 is 10.8 Å². The lowest BCUT2D eigenvalue weighted by Gasteiger charge is -2.16. The monoisotopic (exact) mass is 287 g/mol. The maximum Gasteiger partial charge on any atom is 0.328 e. The Morgan fingerprint density at radius 2 is 1.95 bits per heavy atom. The van der Waals surface area contributed by atoms with Gasteiger partial charge in [-0.2, -0.15) is 5.10 Å². The van der Waals surface area contributed by atoms with Crippen LogP contribution in [0.2, 0.25) is 0 Å². The maximum absolute atomic E-state index is 11.6. The van der Waals surface area contributed by atoms with Crippen molar-refractivity contribution in [2.75, 3.05) is 5.73 Å². The average Bonchev–Trinajstić information content (AvgIpc) is 2.79. The highest BCUT2D eigenvalue weighted by Gasteiger charge is 2.26. The molecule has 0 spiro atoms. The van der Waals surface area contributed by atoms with Crippen molar-refractivity contribution in [2.24, 2.45) is 0 Å². The standard InChI is InChI=1S/C16H21N3O2/c1-16(2,3)13-10-14(17)19(18-13)12(15(20)21)9-11-7-5-4-6-8-11/h4-8,10,12H,9,17H2,1-3H3,(H,20,21). The molecule has 0 amide bonds. The number of aliphatic carboxylic acids is 1. The van der Waals surface area contributed by atoms with Crippen molar-refractivity contribution in [3.05, 3.63) is 47.7 Å². The third-order valence-corrected chi connectivity index (χ3v) is 3.39. The van der Waals surface area contributed by atoms with Crippen LogP contribution >= 0.6 is 0 Å². The van der Waals surface area contributed by atoms with Crippen molar-refractivity contribution in [3.63, 3.8) is 0 Å². The summed E-state index contributed by atoms with van der Waals surface area (Å²) >= 11 is 0. The number of aromatic nitrogens is 2. The molecule has 21 heavy (non-hydrogen) atoms. The molecule has 0 radical (unpaired) electrons. The average molecular weight is 287 g/mol. The van der Waals surface area contributed by atoms with Crippen LogP contribution in [0.1, 0.15) is 38.1 Å². The predicted octanol–water partition coefficient (Wildman–Crippen LogP) is 2.63. The normalized spacial score (nSPS) is 13.1. The highest BCUT2D eigenvalue weighted by Crippen LogP contribution is 2.26. The van der Waals surface area contributed by atoms with Gasteiger partial charge in [-0.1, -0.05) is 51.1 Å². The van der Waals surface area contributed by atoms with Crippen LogP contribution in [0.3, 0.4) is 0 Å². The zero-order valence-electron chi connectivity index (χ0n) is 12.6. The number of benzene rings is 1. The maximum atomic E-state index is 11.6. The number of carboxylic acid groups (broad SMARTS) is 1. The third-order valence-electron chi connectivity index (χ3n) is 3.39. The highest BCUT2D eigenvalue weighted by atomic mass is 16.4. The highest BCUT2D eigenvalue weighted by molar-refractivity contribution is 5.73. The van der Waals surface area contributed by atoms with Gasteiger partial charge in [0.2, 0.25) is 0 Å². The summed E-state index contributed by atoms with van der Waals surface area (Å²) < 4.78 is 1.41. The minimum Gasteiger partial charge on any atom is -0.480 e. The third kappa shape index (κ3) is 3.42. The number of hydrogen-bond acceptors (Lipinski definition) is 3. The van der Waals surface area contributed by atoms with Crippen LogP contribution in [0.25, 0.3) is 0 Å². The lowest BCUT2D eigenvalue weighted by atomic mass is 9.92. The molecule has 5 heteroatoms. The second-order valence-corrected chi connectivity index (χ2v) is 6.19. The molecule has 1 atom stereocenters. The van der Waals surface area contributed by atoms with E-state index in [1.54, 1.807) is 6.07 Å². The Labute approximate surface area is 124 Å². The van der Waals surface area contributed by atoms with E-state index in [1.165, 1.54) is 4.68 Å². The summed E-state index contributed by atoms with van der Waals surface area (Å²) in [6.07, 6.45) is 0.353.